The smallest absolute Gasteiger partial charge is 0.255 e. The first-order valence-corrected chi connectivity index (χ1v) is 11.3. The van der Waals surface area contributed by atoms with Gasteiger partial charge in [0.25, 0.3) is 5.91 Å². The van der Waals surface area contributed by atoms with E-state index in [4.69, 9.17) is 0 Å². The summed E-state index contributed by atoms with van der Waals surface area (Å²) in [5.41, 5.74) is 3.47. The first kappa shape index (κ1) is 22.8. The van der Waals surface area contributed by atoms with Crippen LogP contribution in [-0.4, -0.2) is 21.6 Å². The third-order valence-corrected chi connectivity index (χ3v) is 6.37. The van der Waals surface area contributed by atoms with E-state index in [-0.39, 0.29) is 11.6 Å². The zero-order valence-electron chi connectivity index (χ0n) is 18.8. The van der Waals surface area contributed by atoms with Gasteiger partial charge in [0, 0.05) is 23.6 Å². The van der Waals surface area contributed by atoms with Gasteiger partial charge in [0.2, 0.25) is 0 Å². The van der Waals surface area contributed by atoms with Crippen molar-refractivity contribution >= 4 is 44.7 Å². The number of nitrogens with zero attached hydrogens (tertiary/aromatic N) is 5. The summed E-state index contributed by atoms with van der Waals surface area (Å²) in [5, 5.41) is 22.0. The van der Waals surface area contributed by atoms with Gasteiger partial charge in [-0.3, -0.25) is 9.78 Å². The zero-order valence-corrected chi connectivity index (χ0v) is 19.6. The minimum atomic E-state index is -0.701. The molecule has 0 spiro atoms. The number of fused-ring (bicyclic) bond motifs is 1. The number of hydrogen-bond acceptors (Lipinski definition) is 7. The van der Waals surface area contributed by atoms with Crippen LogP contribution in [0.25, 0.3) is 10.3 Å². The van der Waals surface area contributed by atoms with E-state index in [0.29, 0.717) is 27.3 Å². The van der Waals surface area contributed by atoms with Gasteiger partial charge in [-0.15, -0.1) is 11.3 Å². The first-order chi connectivity index (χ1) is 16.3. The number of nitriles is 2. The summed E-state index contributed by atoms with van der Waals surface area (Å²) in [6.45, 7) is 5.51. The van der Waals surface area contributed by atoms with Gasteiger partial charge in [0.1, 0.15) is 16.4 Å². The molecule has 0 aliphatic carbocycles. The standard InChI is InChI=1S/C26H20N6OS/c1-16-7-8-19(31-24(33)17-5-4-6-18(11-17)26(2,3)15-28)12-20(16)32-22(14-27)23-13-21-25(34-23)30-10-9-29-21/h4-13H,1-3H3,(H,31,33). The minimum Gasteiger partial charge on any atom is -0.322 e. The van der Waals surface area contributed by atoms with Crippen LogP contribution < -0.4 is 5.32 Å². The van der Waals surface area contributed by atoms with Crippen LogP contribution in [0.5, 0.6) is 0 Å². The number of aliphatic imine (C=N–C) groups is 1. The molecule has 4 aromatic rings. The average Bonchev–Trinajstić information content (AvgIpc) is 3.28. The second kappa shape index (κ2) is 9.22. The highest BCUT2D eigenvalue weighted by Gasteiger charge is 2.21. The molecule has 1 amide bonds. The summed E-state index contributed by atoms with van der Waals surface area (Å²) >= 11 is 1.35. The molecule has 0 radical (unpaired) electrons. The summed E-state index contributed by atoms with van der Waals surface area (Å²) in [7, 11) is 0. The van der Waals surface area contributed by atoms with Crippen LogP contribution >= 0.6 is 11.3 Å². The Balaban J connectivity index is 1.62. The number of hydrogen-bond donors (Lipinski definition) is 1. The van der Waals surface area contributed by atoms with Crippen LogP contribution in [0, 0.1) is 29.6 Å². The third-order valence-electron chi connectivity index (χ3n) is 5.33. The lowest BCUT2D eigenvalue weighted by Gasteiger charge is -2.16. The number of thiophene rings is 1. The monoisotopic (exact) mass is 464 g/mol. The molecular formula is C26H20N6OS. The summed E-state index contributed by atoms with van der Waals surface area (Å²) in [5.74, 6) is -0.295. The Kier molecular flexibility index (Phi) is 6.18. The van der Waals surface area contributed by atoms with Crippen molar-refractivity contribution in [2.24, 2.45) is 4.99 Å². The van der Waals surface area contributed by atoms with Crippen molar-refractivity contribution in [1.82, 2.24) is 9.97 Å². The number of anilines is 1. The molecule has 0 atom stereocenters. The molecule has 0 aliphatic heterocycles. The lowest BCUT2D eigenvalue weighted by atomic mass is 9.85. The zero-order chi connectivity index (χ0) is 24.3. The molecule has 0 saturated carbocycles. The van der Waals surface area contributed by atoms with Gasteiger partial charge in [0.15, 0.2) is 5.71 Å². The van der Waals surface area contributed by atoms with Crippen LogP contribution in [0.2, 0.25) is 0 Å². The number of aromatic nitrogens is 2. The van der Waals surface area contributed by atoms with Gasteiger partial charge in [0.05, 0.1) is 22.0 Å². The van der Waals surface area contributed by atoms with Crippen molar-refractivity contribution in [1.29, 1.82) is 10.5 Å². The Hall–Kier alpha value is -4.40. The average molecular weight is 465 g/mol. The Morgan fingerprint density at radius 1 is 1.09 bits per heavy atom. The van der Waals surface area contributed by atoms with E-state index in [2.05, 4.69) is 32.4 Å². The van der Waals surface area contributed by atoms with E-state index >= 15 is 0 Å². The van der Waals surface area contributed by atoms with E-state index in [0.717, 1.165) is 16.0 Å². The second-order valence-electron chi connectivity index (χ2n) is 8.20. The number of aryl methyl sites for hydroxylation is 1. The summed E-state index contributed by atoms with van der Waals surface area (Å²) in [4.78, 5) is 27.4. The van der Waals surface area contributed by atoms with Crippen LogP contribution in [0.4, 0.5) is 11.4 Å². The number of carbonyl (C=O) groups is 1. The Morgan fingerprint density at radius 3 is 2.62 bits per heavy atom. The molecule has 166 valence electrons. The molecule has 1 N–H and O–H groups in total. The molecule has 34 heavy (non-hydrogen) atoms. The molecule has 0 unspecified atom stereocenters. The van der Waals surface area contributed by atoms with Gasteiger partial charge in [-0.05, 0) is 62.2 Å². The molecular weight excluding hydrogens is 444 g/mol. The van der Waals surface area contributed by atoms with Crippen molar-refractivity contribution in [3.05, 3.63) is 82.5 Å². The van der Waals surface area contributed by atoms with E-state index in [1.54, 1.807) is 48.8 Å². The highest BCUT2D eigenvalue weighted by molar-refractivity contribution is 7.20. The maximum absolute atomic E-state index is 12.9. The van der Waals surface area contributed by atoms with Gasteiger partial charge in [-0.2, -0.15) is 10.5 Å². The third kappa shape index (κ3) is 4.68. The summed E-state index contributed by atoms with van der Waals surface area (Å²) < 4.78 is 0. The normalized spacial score (nSPS) is 11.6. The highest BCUT2D eigenvalue weighted by atomic mass is 32.1. The molecule has 2 heterocycles. The second-order valence-corrected chi connectivity index (χ2v) is 9.23. The van der Waals surface area contributed by atoms with Gasteiger partial charge >= 0.3 is 0 Å². The molecule has 8 heteroatoms. The maximum Gasteiger partial charge on any atom is 0.255 e. The van der Waals surface area contributed by atoms with Crippen molar-refractivity contribution in [2.75, 3.05) is 5.32 Å². The number of amides is 1. The van der Waals surface area contributed by atoms with Crippen LogP contribution in [0.3, 0.4) is 0 Å². The Bertz CT molecular complexity index is 1490. The number of rotatable bonds is 5. The summed E-state index contributed by atoms with van der Waals surface area (Å²) in [6.07, 6.45) is 3.22. The SMILES string of the molecule is Cc1ccc(NC(=O)c2cccc(C(C)(C)C#N)c2)cc1N=C(C#N)c1cc2nccnc2s1. The quantitative estimate of drug-likeness (QED) is 0.381. The molecule has 7 nitrogen and oxygen atoms in total. The highest BCUT2D eigenvalue weighted by Crippen LogP contribution is 2.28. The van der Waals surface area contributed by atoms with E-state index in [1.165, 1.54) is 11.3 Å². The van der Waals surface area contributed by atoms with Crippen molar-refractivity contribution in [3.8, 4) is 12.1 Å². The molecule has 0 saturated heterocycles. The van der Waals surface area contributed by atoms with E-state index in [9.17, 15) is 15.3 Å². The number of carbonyl (C=O) groups excluding carboxylic acids is 1. The van der Waals surface area contributed by atoms with Gasteiger partial charge in [-0.25, -0.2) is 9.98 Å². The fourth-order valence-electron chi connectivity index (χ4n) is 3.27. The minimum absolute atomic E-state index is 0.253. The topological polar surface area (TPSA) is 115 Å². The molecule has 0 fully saturated rings. The van der Waals surface area contributed by atoms with Gasteiger partial charge in [-0.1, -0.05) is 18.2 Å². The van der Waals surface area contributed by atoms with Gasteiger partial charge < -0.3 is 5.32 Å². The van der Waals surface area contributed by atoms with E-state index < -0.39 is 5.41 Å². The van der Waals surface area contributed by atoms with Crippen molar-refractivity contribution in [2.45, 2.75) is 26.2 Å². The largest absolute Gasteiger partial charge is 0.322 e. The predicted octanol–water partition coefficient (Wildman–Crippen LogP) is 5.70. The first-order valence-electron chi connectivity index (χ1n) is 10.4. The van der Waals surface area contributed by atoms with Crippen LogP contribution in [-0.2, 0) is 5.41 Å². The molecule has 0 bridgehead atoms. The van der Waals surface area contributed by atoms with Crippen molar-refractivity contribution in [3.63, 3.8) is 0 Å². The Labute approximate surface area is 201 Å². The maximum atomic E-state index is 12.9. The number of nitrogens with one attached hydrogen (secondary N) is 1. The lowest BCUT2D eigenvalue weighted by Crippen LogP contribution is -2.17. The molecule has 0 aliphatic rings. The van der Waals surface area contributed by atoms with Crippen LogP contribution in [0.1, 0.15) is 40.2 Å². The molecule has 4 rings (SSSR count). The molecule has 2 aromatic carbocycles. The summed E-state index contributed by atoms with van der Waals surface area (Å²) in [6, 6.07) is 18.6. The van der Waals surface area contributed by atoms with Crippen molar-refractivity contribution < 1.29 is 4.79 Å². The van der Waals surface area contributed by atoms with Crippen LogP contribution in [0.15, 0.2) is 65.9 Å². The Morgan fingerprint density at radius 2 is 1.88 bits per heavy atom. The predicted molar refractivity (Wildman–Crippen MR) is 133 cm³/mol. The molecule has 2 aromatic heterocycles. The number of benzene rings is 2. The fraction of sp³-hybridized carbons (Fsp3) is 0.154. The lowest BCUT2D eigenvalue weighted by molar-refractivity contribution is 0.102. The fourth-order valence-corrected chi connectivity index (χ4v) is 4.16. The van der Waals surface area contributed by atoms with E-state index in [1.807, 2.05) is 32.9 Å².